The number of hydrogen-bond acceptors (Lipinski definition) is 9. The Balaban J connectivity index is 1.87. The molecule has 0 aromatic heterocycles. The van der Waals surface area contributed by atoms with Gasteiger partial charge in [0.1, 0.15) is 6.10 Å². The Hall–Kier alpha value is -2.75. The van der Waals surface area contributed by atoms with Gasteiger partial charge in [-0.3, -0.25) is 19.2 Å². The molecule has 0 amide bonds. The number of nitrogens with zero attached hydrogens (tertiary/aromatic N) is 1. The quantitative estimate of drug-likeness (QED) is 0.182. The number of fused-ring (bicyclic) bond motifs is 5. The summed E-state index contributed by atoms with van der Waals surface area (Å²) in [5.74, 6) is -3.03. The molecule has 0 bridgehead atoms. The van der Waals surface area contributed by atoms with E-state index in [1.165, 1.54) is 6.08 Å². The van der Waals surface area contributed by atoms with Crippen molar-refractivity contribution in [2.24, 2.45) is 28.6 Å². The molecular formula is C28H36ClNO9. The Morgan fingerprint density at radius 2 is 1.82 bits per heavy atom. The summed E-state index contributed by atoms with van der Waals surface area (Å²) in [6.07, 6.45) is 5.06. The molecule has 0 radical (unpaired) electrons. The highest BCUT2D eigenvalue weighted by atomic mass is 35.5. The smallest absolute Gasteiger partial charge is 0.306 e. The molecule has 0 spiro atoms. The minimum absolute atomic E-state index is 0.0139. The standard InChI is InChI=1S/C28H36ClNO9/c1-6-23(33)37-15-21(32)28(38-24(34)7-2)16(3)12-20-19-9-8-17-13-18(31)10-11-25(17,4)27(19,29)22(39-30(35)36)14-26(20,28)5/h10-11,13,16,19-20,22H,6-9,12,14-15H2,1-5H3/t16-,19+,20+,22+,25+,26+,27?,28+/m1/s1. The monoisotopic (exact) mass is 565 g/mol. The van der Waals surface area contributed by atoms with Crippen molar-refractivity contribution in [3.05, 3.63) is 33.9 Å². The third-order valence-corrected chi connectivity index (χ3v) is 10.9. The zero-order valence-corrected chi connectivity index (χ0v) is 23.7. The van der Waals surface area contributed by atoms with Crippen LogP contribution in [0.15, 0.2) is 23.8 Å². The summed E-state index contributed by atoms with van der Waals surface area (Å²) in [5.41, 5.74) is -2.94. The van der Waals surface area contributed by atoms with Crippen molar-refractivity contribution >= 4 is 35.1 Å². The number of carbonyl (C=O) groups excluding carboxylic acids is 4. The molecule has 10 nitrogen and oxygen atoms in total. The fraction of sp³-hybridized carbons (Fsp3) is 0.714. The van der Waals surface area contributed by atoms with Crippen LogP contribution in [-0.2, 0) is 33.5 Å². The van der Waals surface area contributed by atoms with Gasteiger partial charge in [0, 0.05) is 29.6 Å². The first-order chi connectivity index (χ1) is 18.2. The Kier molecular flexibility index (Phi) is 7.51. The van der Waals surface area contributed by atoms with Gasteiger partial charge in [-0.1, -0.05) is 46.3 Å². The molecule has 0 heterocycles. The number of ether oxygens (including phenoxy) is 2. The van der Waals surface area contributed by atoms with E-state index in [4.69, 9.17) is 25.9 Å². The summed E-state index contributed by atoms with van der Waals surface area (Å²) in [6.45, 7) is 8.15. The van der Waals surface area contributed by atoms with Crippen LogP contribution in [0.1, 0.15) is 73.1 Å². The average Bonchev–Trinajstić information content (AvgIpc) is 3.09. The SMILES string of the molecule is CCC(=O)OCC(=O)[C@@]1(OC(=O)CC)[C@H](C)C[C@H]2[C@@H]3CCC4=CC(=O)C=C[C@]4(C)C3(Cl)[C@@H](O[N+](=O)[O-])C[C@@]21C. The third-order valence-electron chi connectivity index (χ3n) is 10.0. The number of ketones is 2. The Morgan fingerprint density at radius 1 is 1.15 bits per heavy atom. The number of rotatable bonds is 8. The van der Waals surface area contributed by atoms with Gasteiger partial charge in [0.25, 0.3) is 5.09 Å². The lowest BCUT2D eigenvalue weighted by molar-refractivity contribution is -0.772. The number of carbonyl (C=O) groups is 4. The van der Waals surface area contributed by atoms with E-state index in [9.17, 15) is 29.3 Å². The van der Waals surface area contributed by atoms with Crippen molar-refractivity contribution in [1.82, 2.24) is 0 Å². The molecule has 0 aromatic rings. The van der Waals surface area contributed by atoms with Crippen LogP contribution in [0.4, 0.5) is 0 Å². The molecule has 0 saturated heterocycles. The molecule has 0 aliphatic heterocycles. The molecule has 3 fully saturated rings. The lowest BCUT2D eigenvalue weighted by Gasteiger charge is -2.64. The van der Waals surface area contributed by atoms with E-state index in [0.29, 0.717) is 19.3 Å². The number of hydrogen-bond donors (Lipinski definition) is 0. The minimum atomic E-state index is -1.70. The molecule has 0 N–H and O–H groups in total. The van der Waals surface area contributed by atoms with Gasteiger partial charge in [-0.15, -0.1) is 21.7 Å². The van der Waals surface area contributed by atoms with E-state index in [2.05, 4.69) is 0 Å². The van der Waals surface area contributed by atoms with Gasteiger partial charge < -0.3 is 14.3 Å². The van der Waals surface area contributed by atoms with Crippen LogP contribution in [0.3, 0.4) is 0 Å². The predicted molar refractivity (Wildman–Crippen MR) is 139 cm³/mol. The van der Waals surface area contributed by atoms with Gasteiger partial charge in [0.05, 0.1) is 4.87 Å². The van der Waals surface area contributed by atoms with Crippen molar-refractivity contribution in [1.29, 1.82) is 0 Å². The highest BCUT2D eigenvalue weighted by Crippen LogP contribution is 2.72. The molecular weight excluding hydrogens is 530 g/mol. The highest BCUT2D eigenvalue weighted by molar-refractivity contribution is 6.26. The van der Waals surface area contributed by atoms with Gasteiger partial charge >= 0.3 is 11.9 Å². The first-order valence-electron chi connectivity index (χ1n) is 13.6. The van der Waals surface area contributed by atoms with E-state index < -0.39 is 62.7 Å². The molecule has 11 heteroatoms. The molecule has 4 aliphatic rings. The Labute approximate surface area is 232 Å². The zero-order chi connectivity index (χ0) is 29.0. The van der Waals surface area contributed by atoms with E-state index in [0.717, 1.165) is 5.57 Å². The number of allylic oxidation sites excluding steroid dienone is 4. The topological polar surface area (TPSA) is 139 Å². The first kappa shape index (κ1) is 29.2. The van der Waals surface area contributed by atoms with E-state index in [1.807, 2.05) is 20.8 Å². The molecule has 1 unspecified atom stereocenters. The summed E-state index contributed by atoms with van der Waals surface area (Å²) in [5, 5.41) is 10.9. The second-order valence-corrected chi connectivity index (χ2v) is 12.3. The van der Waals surface area contributed by atoms with Crippen LogP contribution in [0.2, 0.25) is 0 Å². The second kappa shape index (κ2) is 10.0. The molecule has 3 saturated carbocycles. The van der Waals surface area contributed by atoms with Crippen LogP contribution in [-0.4, -0.2) is 51.8 Å². The van der Waals surface area contributed by atoms with Crippen molar-refractivity contribution in [2.75, 3.05) is 6.61 Å². The molecule has 4 aliphatic carbocycles. The molecule has 8 atom stereocenters. The normalized spacial score (nSPS) is 40.5. The van der Waals surface area contributed by atoms with E-state index in [1.54, 1.807) is 26.0 Å². The van der Waals surface area contributed by atoms with E-state index in [-0.39, 0.29) is 36.9 Å². The molecule has 39 heavy (non-hydrogen) atoms. The van der Waals surface area contributed by atoms with E-state index >= 15 is 0 Å². The Morgan fingerprint density at radius 3 is 2.44 bits per heavy atom. The van der Waals surface area contributed by atoms with Crippen molar-refractivity contribution < 1.29 is 38.6 Å². The zero-order valence-electron chi connectivity index (χ0n) is 23.0. The fourth-order valence-corrected chi connectivity index (χ4v) is 8.75. The summed E-state index contributed by atoms with van der Waals surface area (Å²) in [7, 11) is 0. The summed E-state index contributed by atoms with van der Waals surface area (Å²) < 4.78 is 11.3. The largest absolute Gasteiger partial charge is 0.457 e. The molecule has 214 valence electrons. The highest BCUT2D eigenvalue weighted by Gasteiger charge is 2.77. The predicted octanol–water partition coefficient (Wildman–Crippen LogP) is 4.30. The molecule has 0 aromatic carbocycles. The van der Waals surface area contributed by atoms with Gasteiger partial charge in [-0.25, -0.2) is 0 Å². The Bertz CT molecular complexity index is 1170. The summed E-state index contributed by atoms with van der Waals surface area (Å²) in [6, 6.07) is 0. The van der Waals surface area contributed by atoms with Crippen molar-refractivity contribution in [3.8, 4) is 0 Å². The van der Waals surface area contributed by atoms with Crippen LogP contribution < -0.4 is 0 Å². The summed E-state index contributed by atoms with van der Waals surface area (Å²) in [4.78, 5) is 66.8. The maximum Gasteiger partial charge on any atom is 0.306 e. The fourth-order valence-electron chi connectivity index (χ4n) is 8.19. The van der Waals surface area contributed by atoms with Gasteiger partial charge in [0.15, 0.2) is 18.0 Å². The van der Waals surface area contributed by atoms with Crippen LogP contribution in [0.25, 0.3) is 0 Å². The minimum Gasteiger partial charge on any atom is -0.457 e. The van der Waals surface area contributed by atoms with Gasteiger partial charge in [-0.2, -0.15) is 0 Å². The second-order valence-electron chi connectivity index (χ2n) is 11.7. The number of halogens is 1. The number of Topliss-reactive ketones (excluding diaryl/α,β-unsaturated/α-hetero) is 1. The van der Waals surface area contributed by atoms with Crippen molar-refractivity contribution in [2.45, 2.75) is 89.7 Å². The van der Waals surface area contributed by atoms with Crippen LogP contribution in [0.5, 0.6) is 0 Å². The molecule has 4 rings (SSSR count). The van der Waals surface area contributed by atoms with Crippen LogP contribution >= 0.6 is 11.6 Å². The summed E-state index contributed by atoms with van der Waals surface area (Å²) >= 11 is 7.56. The van der Waals surface area contributed by atoms with Gasteiger partial charge in [-0.05, 0) is 49.7 Å². The lowest BCUT2D eigenvalue weighted by Crippen LogP contribution is -2.70. The maximum atomic E-state index is 14.0. The number of esters is 2. The average molecular weight is 566 g/mol. The van der Waals surface area contributed by atoms with Gasteiger partial charge in [0.2, 0.25) is 5.78 Å². The lowest BCUT2D eigenvalue weighted by atomic mass is 9.45. The third kappa shape index (κ3) is 4.12. The van der Waals surface area contributed by atoms with Crippen LogP contribution in [0, 0.1) is 38.7 Å². The van der Waals surface area contributed by atoms with Crippen molar-refractivity contribution in [3.63, 3.8) is 0 Å². The first-order valence-corrected chi connectivity index (χ1v) is 13.9. The maximum absolute atomic E-state index is 14.0. The number of alkyl halides is 1.